The first kappa shape index (κ1) is 25.2. The number of aromatic nitrogens is 2. The van der Waals surface area contributed by atoms with Crippen LogP contribution in [-0.4, -0.2) is 48.4 Å². The van der Waals surface area contributed by atoms with E-state index in [-0.39, 0.29) is 17.4 Å². The lowest BCUT2D eigenvalue weighted by atomic mass is 9.88. The molecule has 1 aromatic carbocycles. The third-order valence-corrected chi connectivity index (χ3v) is 8.17. The van der Waals surface area contributed by atoms with Gasteiger partial charge in [0.15, 0.2) is 0 Å². The van der Waals surface area contributed by atoms with Gasteiger partial charge in [-0.05, 0) is 74.9 Å². The molecule has 1 unspecified atom stereocenters. The molecule has 1 saturated heterocycles. The Hall–Kier alpha value is -3.44. The molecule has 37 heavy (non-hydrogen) atoms. The van der Waals surface area contributed by atoms with Crippen LogP contribution in [0, 0.1) is 30.0 Å². The molecule has 2 fully saturated rings. The number of anilines is 2. The second-order valence-electron chi connectivity index (χ2n) is 10.5. The summed E-state index contributed by atoms with van der Waals surface area (Å²) in [5.74, 6) is 0.311. The van der Waals surface area contributed by atoms with Gasteiger partial charge in [0.2, 0.25) is 0 Å². The van der Waals surface area contributed by atoms with Crippen LogP contribution in [-0.2, 0) is 11.8 Å². The normalized spacial score (nSPS) is 21.6. The fourth-order valence-corrected chi connectivity index (χ4v) is 5.88. The zero-order valence-electron chi connectivity index (χ0n) is 21.8. The molecule has 1 saturated carbocycles. The summed E-state index contributed by atoms with van der Waals surface area (Å²) in [5, 5.41) is 9.38. The number of benzene rings is 1. The lowest BCUT2D eigenvalue weighted by Gasteiger charge is -2.42. The largest absolute Gasteiger partial charge is 0.381 e. The van der Waals surface area contributed by atoms with Crippen LogP contribution in [0.25, 0.3) is 11.0 Å². The Morgan fingerprint density at radius 2 is 1.89 bits per heavy atom. The standard InChI is InChI=1S/C29H34FN5O2/c1-19-14-24(9-10-25(19)30)35(17-20-12-13-37-18-20)23-7-5-22(6-8-23)33(2)27-15-28(36)34(3)26-11-4-21(16-31)32-29(26)27/h4,9-11,14-15,20,22-23H,5-8,12-13,17-18H2,1-3H3/t20?,22-,23+. The highest BCUT2D eigenvalue weighted by Gasteiger charge is 2.31. The molecule has 1 atom stereocenters. The van der Waals surface area contributed by atoms with E-state index >= 15 is 0 Å². The summed E-state index contributed by atoms with van der Waals surface area (Å²) in [7, 11) is 3.76. The molecule has 0 bridgehead atoms. The smallest absolute Gasteiger partial charge is 0.252 e. The van der Waals surface area contributed by atoms with Gasteiger partial charge in [0.25, 0.3) is 5.56 Å². The van der Waals surface area contributed by atoms with E-state index in [0.717, 1.165) is 68.8 Å². The van der Waals surface area contributed by atoms with Crippen LogP contribution >= 0.6 is 0 Å². The molecule has 1 aliphatic heterocycles. The van der Waals surface area contributed by atoms with Crippen molar-refractivity contribution in [1.82, 2.24) is 9.55 Å². The Bertz CT molecular complexity index is 1380. The molecule has 194 valence electrons. The SMILES string of the molecule is Cc1cc(N(CC2CCOC2)[C@H]2CC[C@@H](N(C)c3cc(=O)n(C)c4ccc(C#N)nc34)CC2)ccc1F. The van der Waals surface area contributed by atoms with Crippen molar-refractivity contribution in [2.75, 3.05) is 36.6 Å². The van der Waals surface area contributed by atoms with Gasteiger partial charge in [0, 0.05) is 57.0 Å². The Morgan fingerprint density at radius 3 is 2.57 bits per heavy atom. The van der Waals surface area contributed by atoms with Gasteiger partial charge in [-0.25, -0.2) is 9.37 Å². The summed E-state index contributed by atoms with van der Waals surface area (Å²) in [4.78, 5) is 21.9. The van der Waals surface area contributed by atoms with Crippen LogP contribution in [0.2, 0.25) is 0 Å². The summed E-state index contributed by atoms with van der Waals surface area (Å²) in [6, 6.07) is 13.3. The maximum atomic E-state index is 14.0. The second kappa shape index (κ2) is 10.5. The second-order valence-corrected chi connectivity index (χ2v) is 10.5. The monoisotopic (exact) mass is 503 g/mol. The Balaban J connectivity index is 1.37. The maximum Gasteiger partial charge on any atom is 0.252 e. The fraction of sp³-hybridized carbons (Fsp3) is 0.483. The summed E-state index contributed by atoms with van der Waals surface area (Å²) >= 11 is 0. The number of hydrogen-bond donors (Lipinski definition) is 0. The van der Waals surface area contributed by atoms with Gasteiger partial charge in [-0.15, -0.1) is 0 Å². The summed E-state index contributed by atoms with van der Waals surface area (Å²) in [6.45, 7) is 4.32. The van der Waals surface area contributed by atoms with Crippen LogP contribution in [0.15, 0.2) is 41.2 Å². The lowest BCUT2D eigenvalue weighted by molar-refractivity contribution is 0.185. The molecule has 0 spiro atoms. The molecule has 3 heterocycles. The molecule has 0 radical (unpaired) electrons. The average molecular weight is 504 g/mol. The molecule has 5 rings (SSSR count). The molecule has 1 aliphatic carbocycles. The topological polar surface area (TPSA) is 74.4 Å². The zero-order valence-corrected chi connectivity index (χ0v) is 21.8. The van der Waals surface area contributed by atoms with Gasteiger partial charge in [-0.3, -0.25) is 4.79 Å². The van der Waals surface area contributed by atoms with Crippen molar-refractivity contribution in [1.29, 1.82) is 5.26 Å². The van der Waals surface area contributed by atoms with Crippen molar-refractivity contribution in [3.8, 4) is 6.07 Å². The van der Waals surface area contributed by atoms with Crippen molar-refractivity contribution in [2.45, 2.75) is 51.1 Å². The van der Waals surface area contributed by atoms with Crippen LogP contribution in [0.3, 0.4) is 0 Å². The van der Waals surface area contributed by atoms with Gasteiger partial charge in [0.05, 0.1) is 17.8 Å². The minimum atomic E-state index is -0.173. The van der Waals surface area contributed by atoms with E-state index in [1.807, 2.05) is 26.1 Å². The highest BCUT2D eigenvalue weighted by molar-refractivity contribution is 5.88. The van der Waals surface area contributed by atoms with Gasteiger partial charge < -0.3 is 19.1 Å². The predicted molar refractivity (Wildman–Crippen MR) is 144 cm³/mol. The first-order chi connectivity index (χ1) is 17.9. The van der Waals surface area contributed by atoms with Gasteiger partial charge in [-0.1, -0.05) is 0 Å². The molecular weight excluding hydrogens is 469 g/mol. The molecule has 3 aromatic rings. The summed E-state index contributed by atoms with van der Waals surface area (Å²) in [5.41, 5.74) is 4.16. The number of nitrogens with zero attached hydrogens (tertiary/aromatic N) is 5. The first-order valence-corrected chi connectivity index (χ1v) is 13.1. The van der Waals surface area contributed by atoms with Crippen molar-refractivity contribution < 1.29 is 9.13 Å². The van der Waals surface area contributed by atoms with Gasteiger partial charge in [-0.2, -0.15) is 5.26 Å². The number of fused-ring (bicyclic) bond motifs is 1. The highest BCUT2D eigenvalue weighted by atomic mass is 19.1. The number of halogens is 1. The van der Waals surface area contributed by atoms with Crippen LogP contribution in [0.5, 0.6) is 0 Å². The van der Waals surface area contributed by atoms with E-state index < -0.39 is 0 Å². The van der Waals surface area contributed by atoms with Crippen LogP contribution in [0.4, 0.5) is 15.8 Å². The summed E-state index contributed by atoms with van der Waals surface area (Å²) < 4.78 is 21.3. The number of hydrogen-bond acceptors (Lipinski definition) is 6. The van der Waals surface area contributed by atoms with Gasteiger partial charge >= 0.3 is 0 Å². The van der Waals surface area contributed by atoms with Gasteiger partial charge in [0.1, 0.15) is 23.1 Å². The van der Waals surface area contributed by atoms with Crippen molar-refractivity contribution in [3.05, 3.63) is 63.8 Å². The first-order valence-electron chi connectivity index (χ1n) is 13.1. The number of pyridine rings is 2. The predicted octanol–water partition coefficient (Wildman–Crippen LogP) is 4.54. The van der Waals surface area contributed by atoms with E-state index in [0.29, 0.717) is 28.7 Å². The maximum absolute atomic E-state index is 14.0. The quantitative estimate of drug-likeness (QED) is 0.492. The molecule has 7 nitrogen and oxygen atoms in total. The third-order valence-electron chi connectivity index (χ3n) is 8.17. The van der Waals surface area contributed by atoms with Crippen molar-refractivity contribution in [3.63, 3.8) is 0 Å². The molecule has 2 aromatic heterocycles. The van der Waals surface area contributed by atoms with E-state index in [9.17, 15) is 14.4 Å². The lowest BCUT2D eigenvalue weighted by Crippen LogP contribution is -2.45. The molecule has 0 amide bonds. The third kappa shape index (κ3) is 5.05. The molecule has 2 aliphatic rings. The molecular formula is C29H34FN5O2. The van der Waals surface area contributed by atoms with Crippen LogP contribution in [0.1, 0.15) is 43.4 Å². The zero-order chi connectivity index (χ0) is 26.1. The van der Waals surface area contributed by atoms with Crippen molar-refractivity contribution >= 4 is 22.4 Å². The Kier molecular flexibility index (Phi) is 7.16. The van der Waals surface area contributed by atoms with E-state index in [2.05, 4.69) is 20.9 Å². The average Bonchev–Trinajstić information content (AvgIpc) is 3.44. The van der Waals surface area contributed by atoms with E-state index in [1.54, 1.807) is 35.9 Å². The van der Waals surface area contributed by atoms with Crippen LogP contribution < -0.4 is 15.4 Å². The van der Waals surface area contributed by atoms with E-state index in [4.69, 9.17) is 4.74 Å². The fourth-order valence-electron chi connectivity index (χ4n) is 5.88. The highest BCUT2D eigenvalue weighted by Crippen LogP contribution is 2.34. The minimum Gasteiger partial charge on any atom is -0.381 e. The number of ether oxygens (including phenoxy) is 1. The number of nitriles is 1. The number of aryl methyl sites for hydroxylation is 2. The molecule has 8 heteroatoms. The number of rotatable bonds is 6. The van der Waals surface area contributed by atoms with Crippen molar-refractivity contribution in [2.24, 2.45) is 13.0 Å². The van der Waals surface area contributed by atoms with E-state index in [1.165, 1.54) is 0 Å². The minimum absolute atomic E-state index is 0.0915. The molecule has 0 N–H and O–H groups in total. The Labute approximate surface area is 217 Å². The Morgan fingerprint density at radius 1 is 1.14 bits per heavy atom. The summed E-state index contributed by atoms with van der Waals surface area (Å²) in [6.07, 6.45) is 4.99.